The molecule has 1 aliphatic carbocycles. The van der Waals surface area contributed by atoms with Crippen molar-refractivity contribution in [3.63, 3.8) is 0 Å². The van der Waals surface area contributed by atoms with E-state index in [0.717, 1.165) is 30.6 Å². The molecule has 1 aromatic heterocycles. The van der Waals surface area contributed by atoms with Crippen LogP contribution in [0.4, 0.5) is 5.69 Å². The van der Waals surface area contributed by atoms with Gasteiger partial charge in [-0.3, -0.25) is 0 Å². The molecule has 1 N–H and O–H groups in total. The Morgan fingerprint density at radius 3 is 2.90 bits per heavy atom. The molecular formula is C17H21ClN2S. The van der Waals surface area contributed by atoms with Crippen LogP contribution in [0.5, 0.6) is 0 Å². The first-order valence-electron chi connectivity index (χ1n) is 7.48. The average Bonchev–Trinajstić information content (AvgIpc) is 3.17. The van der Waals surface area contributed by atoms with Crippen LogP contribution < -0.4 is 10.2 Å². The lowest BCUT2D eigenvalue weighted by Crippen LogP contribution is -2.23. The molecule has 1 fully saturated rings. The molecule has 0 radical (unpaired) electrons. The molecule has 1 heterocycles. The van der Waals surface area contributed by atoms with E-state index in [4.69, 9.17) is 11.6 Å². The molecule has 1 aromatic carbocycles. The van der Waals surface area contributed by atoms with E-state index < -0.39 is 0 Å². The Morgan fingerprint density at radius 2 is 2.19 bits per heavy atom. The fourth-order valence-corrected chi connectivity index (χ4v) is 3.30. The summed E-state index contributed by atoms with van der Waals surface area (Å²) < 4.78 is 0. The first kappa shape index (κ1) is 14.9. The maximum absolute atomic E-state index is 6.19. The maximum atomic E-state index is 6.19. The summed E-state index contributed by atoms with van der Waals surface area (Å²) in [4.78, 5) is 3.75. The van der Waals surface area contributed by atoms with Gasteiger partial charge in [-0.05, 0) is 48.4 Å². The number of halogens is 1. The second-order valence-electron chi connectivity index (χ2n) is 5.68. The van der Waals surface area contributed by atoms with Crippen molar-refractivity contribution in [3.8, 4) is 0 Å². The number of rotatable bonds is 7. The summed E-state index contributed by atoms with van der Waals surface area (Å²) in [5.74, 6) is 0. The van der Waals surface area contributed by atoms with Crippen molar-refractivity contribution in [2.75, 3.05) is 18.5 Å². The van der Waals surface area contributed by atoms with Crippen LogP contribution in [-0.4, -0.2) is 19.6 Å². The van der Waals surface area contributed by atoms with Gasteiger partial charge in [0.05, 0.1) is 0 Å². The van der Waals surface area contributed by atoms with Gasteiger partial charge in [-0.15, -0.1) is 11.3 Å². The molecule has 0 aliphatic heterocycles. The number of thiophene rings is 1. The lowest BCUT2D eigenvalue weighted by atomic mass is 10.1. The highest BCUT2D eigenvalue weighted by atomic mass is 35.5. The van der Waals surface area contributed by atoms with Crippen LogP contribution in [0, 0.1) is 0 Å². The van der Waals surface area contributed by atoms with Crippen molar-refractivity contribution in [1.29, 1.82) is 0 Å². The average molecular weight is 321 g/mol. The molecule has 0 spiro atoms. The molecule has 1 saturated carbocycles. The minimum absolute atomic E-state index is 0.727. The minimum atomic E-state index is 0.727. The summed E-state index contributed by atoms with van der Waals surface area (Å²) >= 11 is 8.02. The van der Waals surface area contributed by atoms with Crippen molar-refractivity contribution in [1.82, 2.24) is 5.32 Å². The third-order valence-electron chi connectivity index (χ3n) is 3.89. The summed E-state index contributed by atoms with van der Waals surface area (Å²) in [6.07, 6.45) is 3.71. The van der Waals surface area contributed by atoms with Gasteiger partial charge in [0.1, 0.15) is 0 Å². The Labute approximate surface area is 135 Å². The first-order chi connectivity index (χ1) is 10.2. The van der Waals surface area contributed by atoms with Gasteiger partial charge in [0.25, 0.3) is 0 Å². The summed E-state index contributed by atoms with van der Waals surface area (Å²) in [5, 5.41) is 6.54. The molecule has 3 rings (SSSR count). The molecule has 0 atom stereocenters. The van der Waals surface area contributed by atoms with Crippen LogP contribution >= 0.6 is 22.9 Å². The van der Waals surface area contributed by atoms with Crippen molar-refractivity contribution >= 4 is 28.6 Å². The zero-order valence-corrected chi connectivity index (χ0v) is 13.9. The number of nitrogens with one attached hydrogen (secondary N) is 1. The number of benzene rings is 1. The summed E-state index contributed by atoms with van der Waals surface area (Å²) in [5.41, 5.74) is 2.58. The van der Waals surface area contributed by atoms with Crippen LogP contribution in [0.25, 0.3) is 0 Å². The topological polar surface area (TPSA) is 15.3 Å². The van der Waals surface area contributed by atoms with Crippen molar-refractivity contribution in [2.45, 2.75) is 31.8 Å². The minimum Gasteiger partial charge on any atom is -0.374 e. The standard InChI is InChI=1S/C17H21ClN2S/c1-20(9-8-16-3-2-10-21-16)17-11-14(18)5-4-13(17)12-19-15-6-7-15/h2-5,10-11,15,19H,6-9,12H2,1H3. The monoisotopic (exact) mass is 320 g/mol. The number of hydrogen-bond acceptors (Lipinski definition) is 3. The SMILES string of the molecule is CN(CCc1cccs1)c1cc(Cl)ccc1CNC1CC1. The number of hydrogen-bond donors (Lipinski definition) is 1. The van der Waals surface area contributed by atoms with Gasteiger partial charge in [-0.25, -0.2) is 0 Å². The Balaban J connectivity index is 1.67. The lowest BCUT2D eigenvalue weighted by molar-refractivity contribution is 0.685. The smallest absolute Gasteiger partial charge is 0.0426 e. The number of anilines is 1. The molecule has 4 heteroatoms. The van der Waals surface area contributed by atoms with E-state index in [9.17, 15) is 0 Å². The van der Waals surface area contributed by atoms with Gasteiger partial charge in [0, 0.05) is 41.8 Å². The van der Waals surface area contributed by atoms with Gasteiger partial charge in [-0.2, -0.15) is 0 Å². The third kappa shape index (κ3) is 4.22. The predicted molar refractivity (Wildman–Crippen MR) is 92.6 cm³/mol. The van der Waals surface area contributed by atoms with E-state index in [-0.39, 0.29) is 0 Å². The van der Waals surface area contributed by atoms with Crippen LogP contribution in [-0.2, 0) is 13.0 Å². The van der Waals surface area contributed by atoms with E-state index in [2.05, 4.69) is 46.9 Å². The van der Waals surface area contributed by atoms with Crippen molar-refractivity contribution in [3.05, 3.63) is 51.2 Å². The van der Waals surface area contributed by atoms with Gasteiger partial charge >= 0.3 is 0 Å². The molecule has 1 aliphatic rings. The van der Waals surface area contributed by atoms with Crippen LogP contribution in [0.2, 0.25) is 5.02 Å². The zero-order valence-electron chi connectivity index (χ0n) is 12.3. The quantitative estimate of drug-likeness (QED) is 0.816. The maximum Gasteiger partial charge on any atom is 0.0426 e. The van der Waals surface area contributed by atoms with Crippen LogP contribution in [0.3, 0.4) is 0 Å². The highest BCUT2D eigenvalue weighted by Gasteiger charge is 2.20. The Kier molecular flexibility index (Phi) is 4.84. The predicted octanol–water partition coefficient (Wildman–Crippen LogP) is 4.33. The molecule has 2 aromatic rings. The highest BCUT2D eigenvalue weighted by molar-refractivity contribution is 7.09. The molecule has 0 amide bonds. The van der Waals surface area contributed by atoms with Crippen molar-refractivity contribution < 1.29 is 0 Å². The summed E-state index contributed by atoms with van der Waals surface area (Å²) in [6, 6.07) is 11.3. The molecule has 0 unspecified atom stereocenters. The van der Waals surface area contributed by atoms with E-state index in [1.165, 1.54) is 29.0 Å². The Hall–Kier alpha value is -1.03. The molecule has 112 valence electrons. The largest absolute Gasteiger partial charge is 0.374 e. The third-order valence-corrected chi connectivity index (χ3v) is 5.06. The Bertz CT molecular complexity index is 578. The zero-order chi connectivity index (χ0) is 14.7. The van der Waals surface area contributed by atoms with E-state index in [1.807, 2.05) is 17.4 Å². The number of nitrogens with zero attached hydrogens (tertiary/aromatic N) is 1. The lowest BCUT2D eigenvalue weighted by Gasteiger charge is -2.23. The van der Waals surface area contributed by atoms with Gasteiger partial charge in [0.2, 0.25) is 0 Å². The fourth-order valence-electron chi connectivity index (χ4n) is 2.44. The molecule has 21 heavy (non-hydrogen) atoms. The normalized spacial score (nSPS) is 14.4. The summed E-state index contributed by atoms with van der Waals surface area (Å²) in [6.45, 7) is 1.94. The van der Waals surface area contributed by atoms with Gasteiger partial charge < -0.3 is 10.2 Å². The van der Waals surface area contributed by atoms with Crippen molar-refractivity contribution in [2.24, 2.45) is 0 Å². The molecule has 0 bridgehead atoms. The van der Waals surface area contributed by atoms with E-state index in [1.54, 1.807) is 0 Å². The highest BCUT2D eigenvalue weighted by Crippen LogP contribution is 2.26. The molecule has 0 saturated heterocycles. The van der Waals surface area contributed by atoms with E-state index >= 15 is 0 Å². The van der Waals surface area contributed by atoms with Crippen LogP contribution in [0.1, 0.15) is 23.3 Å². The van der Waals surface area contributed by atoms with Gasteiger partial charge in [-0.1, -0.05) is 23.7 Å². The molecule has 2 nitrogen and oxygen atoms in total. The summed E-state index contributed by atoms with van der Waals surface area (Å²) in [7, 11) is 2.15. The van der Waals surface area contributed by atoms with Gasteiger partial charge in [0.15, 0.2) is 0 Å². The van der Waals surface area contributed by atoms with Crippen LogP contribution in [0.15, 0.2) is 35.7 Å². The number of likely N-dealkylation sites (N-methyl/N-ethyl adjacent to an activating group) is 1. The molecular weight excluding hydrogens is 300 g/mol. The first-order valence-corrected chi connectivity index (χ1v) is 8.73. The fraction of sp³-hybridized carbons (Fsp3) is 0.412. The second kappa shape index (κ2) is 6.82. The second-order valence-corrected chi connectivity index (χ2v) is 7.15. The van der Waals surface area contributed by atoms with E-state index in [0.29, 0.717) is 0 Å². The Morgan fingerprint density at radius 1 is 1.33 bits per heavy atom.